The largest absolute Gasteiger partial charge is 0.497 e. The van der Waals surface area contributed by atoms with Crippen LogP contribution in [-0.2, 0) is 0 Å². The van der Waals surface area contributed by atoms with E-state index in [0.29, 0.717) is 17.1 Å². The van der Waals surface area contributed by atoms with Crippen molar-refractivity contribution in [3.63, 3.8) is 0 Å². The van der Waals surface area contributed by atoms with E-state index in [0.717, 1.165) is 11.3 Å². The Balaban J connectivity index is 2.50. The molecule has 1 atom stereocenters. The Morgan fingerprint density at radius 1 is 1.25 bits per heavy atom. The highest BCUT2D eigenvalue weighted by Gasteiger charge is 2.20. The van der Waals surface area contributed by atoms with E-state index in [1.807, 2.05) is 31.2 Å². The zero-order chi connectivity index (χ0) is 14.5. The average molecular weight is 294 g/mol. The Kier molecular flexibility index (Phi) is 4.99. The van der Waals surface area contributed by atoms with Gasteiger partial charge in [0.1, 0.15) is 11.6 Å². The highest BCUT2D eigenvalue weighted by Crippen LogP contribution is 2.31. The number of nitrogens with one attached hydrogen (secondary N) is 1. The predicted octanol–water partition coefficient (Wildman–Crippen LogP) is 4.19. The molecule has 4 heteroatoms. The maximum absolute atomic E-state index is 14.1. The molecule has 1 unspecified atom stereocenters. The van der Waals surface area contributed by atoms with Crippen LogP contribution in [0.1, 0.15) is 24.1 Å². The number of halogens is 2. The average Bonchev–Trinajstić information content (AvgIpc) is 2.46. The van der Waals surface area contributed by atoms with Crippen LogP contribution in [-0.4, -0.2) is 13.7 Å². The van der Waals surface area contributed by atoms with Gasteiger partial charge < -0.3 is 10.1 Å². The summed E-state index contributed by atoms with van der Waals surface area (Å²) in [5.41, 5.74) is 1.38. The summed E-state index contributed by atoms with van der Waals surface area (Å²) < 4.78 is 19.4. The van der Waals surface area contributed by atoms with E-state index >= 15 is 0 Å². The Bertz CT molecular complexity index is 568. The van der Waals surface area contributed by atoms with Gasteiger partial charge in [0.05, 0.1) is 13.2 Å². The predicted molar refractivity (Wildman–Crippen MR) is 79.9 cm³/mol. The minimum Gasteiger partial charge on any atom is -0.497 e. The third kappa shape index (κ3) is 3.11. The number of hydrogen-bond acceptors (Lipinski definition) is 2. The Labute approximate surface area is 123 Å². The molecule has 106 valence electrons. The van der Waals surface area contributed by atoms with Crippen molar-refractivity contribution in [1.82, 2.24) is 5.32 Å². The lowest BCUT2D eigenvalue weighted by atomic mass is 9.97. The van der Waals surface area contributed by atoms with Crippen molar-refractivity contribution in [1.29, 1.82) is 0 Å². The SMILES string of the molecule is CCNC(c1cccc(OC)c1)c1c(F)cccc1Cl. The fourth-order valence-corrected chi connectivity index (χ4v) is 2.47. The molecule has 2 nitrogen and oxygen atoms in total. The van der Waals surface area contributed by atoms with Gasteiger partial charge in [0.15, 0.2) is 0 Å². The summed E-state index contributed by atoms with van der Waals surface area (Å²) in [6, 6.07) is 12.0. The van der Waals surface area contributed by atoms with Gasteiger partial charge in [-0.05, 0) is 36.4 Å². The molecule has 0 spiro atoms. The fourth-order valence-electron chi connectivity index (χ4n) is 2.20. The van der Waals surface area contributed by atoms with Crippen LogP contribution < -0.4 is 10.1 Å². The van der Waals surface area contributed by atoms with E-state index in [1.54, 1.807) is 19.2 Å². The molecule has 0 saturated heterocycles. The Hall–Kier alpha value is -1.58. The molecule has 0 heterocycles. The van der Waals surface area contributed by atoms with Gasteiger partial charge in [-0.2, -0.15) is 0 Å². The van der Waals surface area contributed by atoms with Crippen LogP contribution in [0, 0.1) is 5.82 Å². The molecule has 2 rings (SSSR count). The van der Waals surface area contributed by atoms with E-state index in [2.05, 4.69) is 5.32 Å². The first-order valence-corrected chi connectivity index (χ1v) is 6.86. The lowest BCUT2D eigenvalue weighted by Gasteiger charge is -2.21. The number of rotatable bonds is 5. The summed E-state index contributed by atoms with van der Waals surface area (Å²) in [6.07, 6.45) is 0. The molecule has 0 bridgehead atoms. The molecule has 0 aliphatic heterocycles. The smallest absolute Gasteiger partial charge is 0.129 e. The standard InChI is InChI=1S/C16H17ClFNO/c1-3-19-16(11-6-4-7-12(10-11)20-2)15-13(17)8-5-9-14(15)18/h4-10,16,19H,3H2,1-2H3. The molecule has 0 aliphatic rings. The van der Waals surface area contributed by atoms with Crippen molar-refractivity contribution in [3.8, 4) is 5.75 Å². The summed E-state index contributed by atoms with van der Waals surface area (Å²) >= 11 is 6.17. The second-order valence-electron chi connectivity index (χ2n) is 4.40. The van der Waals surface area contributed by atoms with Gasteiger partial charge in [0.25, 0.3) is 0 Å². The van der Waals surface area contributed by atoms with Gasteiger partial charge in [-0.15, -0.1) is 0 Å². The van der Waals surface area contributed by atoms with Crippen molar-refractivity contribution in [3.05, 3.63) is 64.4 Å². The maximum atomic E-state index is 14.1. The van der Waals surface area contributed by atoms with E-state index in [4.69, 9.17) is 16.3 Å². The normalized spacial score (nSPS) is 12.2. The van der Waals surface area contributed by atoms with Crippen LogP contribution in [0.15, 0.2) is 42.5 Å². The molecule has 2 aromatic carbocycles. The topological polar surface area (TPSA) is 21.3 Å². The summed E-state index contributed by atoms with van der Waals surface area (Å²) in [4.78, 5) is 0. The first kappa shape index (κ1) is 14.8. The number of ether oxygens (including phenoxy) is 1. The molecule has 2 aromatic rings. The van der Waals surface area contributed by atoms with Crippen molar-refractivity contribution in [2.75, 3.05) is 13.7 Å². The second kappa shape index (κ2) is 6.73. The molecule has 0 radical (unpaired) electrons. The van der Waals surface area contributed by atoms with Crippen molar-refractivity contribution in [2.45, 2.75) is 13.0 Å². The molecular weight excluding hydrogens is 277 g/mol. The quantitative estimate of drug-likeness (QED) is 0.892. The molecule has 0 aliphatic carbocycles. The molecule has 0 fully saturated rings. The van der Waals surface area contributed by atoms with Crippen LogP contribution in [0.4, 0.5) is 4.39 Å². The molecule has 0 amide bonds. The first-order chi connectivity index (χ1) is 9.67. The minimum absolute atomic E-state index is 0.302. The van der Waals surface area contributed by atoms with Gasteiger partial charge in [0.2, 0.25) is 0 Å². The van der Waals surface area contributed by atoms with Crippen LogP contribution in [0.5, 0.6) is 5.75 Å². The molecular formula is C16H17ClFNO. The minimum atomic E-state index is -0.314. The maximum Gasteiger partial charge on any atom is 0.129 e. The van der Waals surface area contributed by atoms with Gasteiger partial charge in [0, 0.05) is 10.6 Å². The highest BCUT2D eigenvalue weighted by molar-refractivity contribution is 6.31. The van der Waals surface area contributed by atoms with E-state index in [-0.39, 0.29) is 11.9 Å². The second-order valence-corrected chi connectivity index (χ2v) is 4.81. The number of methoxy groups -OCH3 is 1. The van der Waals surface area contributed by atoms with Crippen LogP contribution in [0.3, 0.4) is 0 Å². The summed E-state index contributed by atoms with van der Waals surface area (Å²) in [5, 5.41) is 3.68. The lowest BCUT2D eigenvalue weighted by Crippen LogP contribution is -2.23. The van der Waals surface area contributed by atoms with Gasteiger partial charge in [-0.25, -0.2) is 4.39 Å². The zero-order valence-corrected chi connectivity index (χ0v) is 12.2. The van der Waals surface area contributed by atoms with Gasteiger partial charge in [-0.1, -0.05) is 36.7 Å². The number of benzene rings is 2. The third-order valence-corrected chi connectivity index (χ3v) is 3.45. The molecule has 20 heavy (non-hydrogen) atoms. The van der Waals surface area contributed by atoms with Gasteiger partial charge in [-0.3, -0.25) is 0 Å². The monoisotopic (exact) mass is 293 g/mol. The Morgan fingerprint density at radius 3 is 2.65 bits per heavy atom. The summed E-state index contributed by atoms with van der Waals surface area (Å²) in [5.74, 6) is 0.420. The highest BCUT2D eigenvalue weighted by atomic mass is 35.5. The van der Waals surface area contributed by atoms with Crippen molar-refractivity contribution in [2.24, 2.45) is 0 Å². The van der Waals surface area contributed by atoms with Crippen LogP contribution in [0.2, 0.25) is 5.02 Å². The molecule has 1 N–H and O–H groups in total. The van der Waals surface area contributed by atoms with Crippen LogP contribution >= 0.6 is 11.6 Å². The van der Waals surface area contributed by atoms with Crippen molar-refractivity contribution >= 4 is 11.6 Å². The van der Waals surface area contributed by atoms with Crippen LogP contribution in [0.25, 0.3) is 0 Å². The summed E-state index contributed by atoms with van der Waals surface area (Å²) in [6.45, 7) is 2.68. The van der Waals surface area contributed by atoms with E-state index in [9.17, 15) is 4.39 Å². The fraction of sp³-hybridized carbons (Fsp3) is 0.250. The molecule has 0 aromatic heterocycles. The van der Waals surface area contributed by atoms with E-state index < -0.39 is 0 Å². The lowest BCUT2D eigenvalue weighted by molar-refractivity contribution is 0.413. The van der Waals surface area contributed by atoms with Crippen molar-refractivity contribution < 1.29 is 9.13 Å². The first-order valence-electron chi connectivity index (χ1n) is 6.48. The summed E-state index contributed by atoms with van der Waals surface area (Å²) in [7, 11) is 1.61. The zero-order valence-electron chi connectivity index (χ0n) is 11.5. The van der Waals surface area contributed by atoms with E-state index in [1.165, 1.54) is 6.07 Å². The number of hydrogen-bond donors (Lipinski definition) is 1. The third-order valence-electron chi connectivity index (χ3n) is 3.12. The van der Waals surface area contributed by atoms with Gasteiger partial charge >= 0.3 is 0 Å². The molecule has 0 saturated carbocycles. The Morgan fingerprint density at radius 2 is 2.00 bits per heavy atom.